The largest absolute Gasteiger partial charge is 0.416 e. The van der Waals surface area contributed by atoms with Crippen molar-refractivity contribution >= 4 is 27.2 Å². The summed E-state index contributed by atoms with van der Waals surface area (Å²) in [6.45, 7) is 1.66. The lowest BCUT2D eigenvalue weighted by Crippen LogP contribution is -2.22. The zero-order chi connectivity index (χ0) is 24.1. The first-order valence-electron chi connectivity index (χ1n) is 9.86. The van der Waals surface area contributed by atoms with Gasteiger partial charge < -0.3 is 5.32 Å². The number of allylic oxidation sites excluding steroid dienone is 1. The average Bonchev–Trinajstić information content (AvgIpc) is 2.78. The molecule has 0 unspecified atom stereocenters. The molecular formula is C24H21F3N2O3S. The van der Waals surface area contributed by atoms with Crippen LogP contribution in [-0.2, 0) is 27.5 Å². The number of carbonyl (C=O) groups is 1. The molecule has 5 nitrogen and oxygen atoms in total. The standard InChI is InChI=1S/C24H21F3N2O3S/c1-17(18-11-13-20(14-12-18)24(25,26)27)15-23(30)28-16-19-7-5-6-10-22(19)29-33(31,32)21-8-3-2-4-9-21/h2-15,29H,16H2,1H3,(H,28,30). The molecule has 172 valence electrons. The highest BCUT2D eigenvalue weighted by Gasteiger charge is 2.29. The van der Waals surface area contributed by atoms with Crippen LogP contribution in [0, 0.1) is 0 Å². The van der Waals surface area contributed by atoms with Gasteiger partial charge in [0.2, 0.25) is 5.91 Å². The van der Waals surface area contributed by atoms with E-state index in [0.29, 0.717) is 22.4 Å². The van der Waals surface area contributed by atoms with E-state index in [4.69, 9.17) is 0 Å². The molecule has 0 heterocycles. The summed E-state index contributed by atoms with van der Waals surface area (Å²) >= 11 is 0. The first-order valence-corrected chi connectivity index (χ1v) is 11.3. The predicted molar refractivity (Wildman–Crippen MR) is 121 cm³/mol. The minimum Gasteiger partial charge on any atom is -0.348 e. The molecule has 33 heavy (non-hydrogen) atoms. The minimum atomic E-state index is -4.43. The fourth-order valence-corrected chi connectivity index (χ4v) is 4.13. The van der Waals surface area contributed by atoms with Crippen LogP contribution in [0.2, 0.25) is 0 Å². The zero-order valence-corrected chi connectivity index (χ0v) is 18.4. The van der Waals surface area contributed by atoms with Crippen molar-refractivity contribution in [3.63, 3.8) is 0 Å². The monoisotopic (exact) mass is 474 g/mol. The van der Waals surface area contributed by atoms with Gasteiger partial charge >= 0.3 is 6.18 Å². The number of sulfonamides is 1. The topological polar surface area (TPSA) is 75.3 Å². The average molecular weight is 475 g/mol. The van der Waals surface area contributed by atoms with Crippen LogP contribution < -0.4 is 10.0 Å². The molecule has 2 N–H and O–H groups in total. The Morgan fingerprint density at radius 1 is 0.909 bits per heavy atom. The van der Waals surface area contributed by atoms with Crippen LogP contribution in [0.15, 0.2) is 89.8 Å². The van der Waals surface area contributed by atoms with Gasteiger partial charge in [-0.2, -0.15) is 13.2 Å². The quantitative estimate of drug-likeness (QED) is 0.461. The molecule has 3 rings (SSSR count). The maximum absolute atomic E-state index is 12.7. The molecule has 0 spiro atoms. The van der Waals surface area contributed by atoms with Gasteiger partial charge in [-0.25, -0.2) is 8.42 Å². The van der Waals surface area contributed by atoms with Crippen molar-refractivity contribution in [1.29, 1.82) is 0 Å². The molecule has 0 aliphatic heterocycles. The number of rotatable bonds is 7. The molecule has 3 aromatic rings. The predicted octanol–water partition coefficient (Wildman–Crippen LogP) is 5.23. The summed E-state index contributed by atoms with van der Waals surface area (Å²) in [5, 5.41) is 2.67. The second-order valence-electron chi connectivity index (χ2n) is 7.20. The van der Waals surface area contributed by atoms with E-state index in [-0.39, 0.29) is 11.4 Å². The van der Waals surface area contributed by atoms with Gasteiger partial charge in [0.15, 0.2) is 0 Å². The van der Waals surface area contributed by atoms with E-state index >= 15 is 0 Å². The highest BCUT2D eigenvalue weighted by atomic mass is 32.2. The van der Waals surface area contributed by atoms with Gasteiger partial charge in [0.05, 0.1) is 16.1 Å². The highest BCUT2D eigenvalue weighted by Crippen LogP contribution is 2.30. The van der Waals surface area contributed by atoms with Crippen molar-refractivity contribution in [3.05, 3.63) is 102 Å². The molecule has 0 saturated carbocycles. The number of carbonyl (C=O) groups excluding carboxylic acids is 1. The van der Waals surface area contributed by atoms with Crippen LogP contribution in [0.1, 0.15) is 23.6 Å². The first-order chi connectivity index (χ1) is 15.6. The summed E-state index contributed by atoms with van der Waals surface area (Å²) in [5.74, 6) is -0.465. The normalized spacial score (nSPS) is 12.3. The summed E-state index contributed by atoms with van der Waals surface area (Å²) in [6, 6.07) is 19.1. The highest BCUT2D eigenvalue weighted by molar-refractivity contribution is 7.92. The van der Waals surface area contributed by atoms with Gasteiger partial charge in [0.1, 0.15) is 0 Å². The van der Waals surface area contributed by atoms with Crippen LogP contribution in [0.4, 0.5) is 18.9 Å². The van der Waals surface area contributed by atoms with Gasteiger partial charge in [-0.05, 0) is 54.0 Å². The van der Waals surface area contributed by atoms with Crippen molar-refractivity contribution in [1.82, 2.24) is 5.32 Å². The van der Waals surface area contributed by atoms with Gasteiger partial charge in [-0.3, -0.25) is 9.52 Å². The Kier molecular flexibility index (Phi) is 7.23. The lowest BCUT2D eigenvalue weighted by atomic mass is 10.0. The molecule has 0 fully saturated rings. The second kappa shape index (κ2) is 9.91. The van der Waals surface area contributed by atoms with Crippen molar-refractivity contribution in [2.75, 3.05) is 4.72 Å². The maximum atomic E-state index is 12.7. The van der Waals surface area contributed by atoms with Gasteiger partial charge in [0.25, 0.3) is 10.0 Å². The number of hydrogen-bond acceptors (Lipinski definition) is 3. The third-order valence-electron chi connectivity index (χ3n) is 4.78. The fraction of sp³-hybridized carbons (Fsp3) is 0.125. The summed E-state index contributed by atoms with van der Waals surface area (Å²) < 4.78 is 65.8. The Bertz CT molecular complexity index is 1250. The molecule has 0 aliphatic rings. The van der Waals surface area contributed by atoms with Crippen molar-refractivity contribution in [3.8, 4) is 0 Å². The molecule has 1 amide bonds. The SMILES string of the molecule is CC(=CC(=O)NCc1ccccc1NS(=O)(=O)c1ccccc1)c1ccc(C(F)(F)F)cc1. The van der Waals surface area contributed by atoms with Crippen LogP contribution in [-0.4, -0.2) is 14.3 Å². The first kappa shape index (κ1) is 24.1. The molecule has 0 atom stereocenters. The number of alkyl halides is 3. The number of halogens is 3. The Labute approximate surface area is 190 Å². The Balaban J connectivity index is 1.68. The number of para-hydroxylation sites is 1. The Morgan fingerprint density at radius 2 is 1.52 bits per heavy atom. The minimum absolute atomic E-state index is 0.0447. The summed E-state index contributed by atoms with van der Waals surface area (Å²) in [4.78, 5) is 12.4. The molecule has 9 heteroatoms. The summed E-state index contributed by atoms with van der Waals surface area (Å²) in [7, 11) is -3.80. The third-order valence-corrected chi connectivity index (χ3v) is 6.16. The van der Waals surface area contributed by atoms with E-state index in [9.17, 15) is 26.4 Å². The van der Waals surface area contributed by atoms with Crippen molar-refractivity contribution in [2.45, 2.75) is 24.5 Å². The van der Waals surface area contributed by atoms with E-state index in [1.54, 1.807) is 49.4 Å². The van der Waals surface area contributed by atoms with Gasteiger partial charge in [-0.1, -0.05) is 48.5 Å². The molecule has 0 bridgehead atoms. The zero-order valence-electron chi connectivity index (χ0n) is 17.6. The smallest absolute Gasteiger partial charge is 0.348 e. The molecule has 3 aromatic carbocycles. The molecular weight excluding hydrogens is 453 g/mol. The van der Waals surface area contributed by atoms with E-state index in [2.05, 4.69) is 10.0 Å². The molecule has 0 saturated heterocycles. The van der Waals surface area contributed by atoms with Crippen LogP contribution >= 0.6 is 0 Å². The van der Waals surface area contributed by atoms with Crippen LogP contribution in [0.5, 0.6) is 0 Å². The second-order valence-corrected chi connectivity index (χ2v) is 8.88. The van der Waals surface area contributed by atoms with E-state index in [1.807, 2.05) is 0 Å². The van der Waals surface area contributed by atoms with Crippen LogP contribution in [0.25, 0.3) is 5.57 Å². The van der Waals surface area contributed by atoms with Crippen LogP contribution in [0.3, 0.4) is 0 Å². The number of nitrogens with one attached hydrogen (secondary N) is 2. The summed E-state index contributed by atoms with van der Waals surface area (Å²) in [6.07, 6.45) is -3.15. The number of anilines is 1. The molecule has 0 radical (unpaired) electrons. The summed E-state index contributed by atoms with van der Waals surface area (Å²) in [5.41, 5.74) is 1.07. The van der Waals surface area contributed by atoms with Gasteiger partial charge in [-0.15, -0.1) is 0 Å². The maximum Gasteiger partial charge on any atom is 0.416 e. The molecule has 0 aliphatic carbocycles. The number of benzene rings is 3. The number of hydrogen-bond donors (Lipinski definition) is 2. The Hall–Kier alpha value is -3.59. The fourth-order valence-electron chi connectivity index (χ4n) is 3.01. The number of amides is 1. The third kappa shape index (κ3) is 6.45. The van der Waals surface area contributed by atoms with Crippen molar-refractivity contribution < 1.29 is 26.4 Å². The van der Waals surface area contributed by atoms with Crippen molar-refractivity contribution in [2.24, 2.45) is 0 Å². The van der Waals surface area contributed by atoms with E-state index < -0.39 is 27.7 Å². The molecule has 0 aromatic heterocycles. The van der Waals surface area contributed by atoms with Gasteiger partial charge in [0, 0.05) is 12.6 Å². The van der Waals surface area contributed by atoms with E-state index in [1.165, 1.54) is 30.3 Å². The lowest BCUT2D eigenvalue weighted by molar-refractivity contribution is -0.137. The van der Waals surface area contributed by atoms with E-state index in [0.717, 1.165) is 12.1 Å². The lowest BCUT2D eigenvalue weighted by Gasteiger charge is -2.13. The Morgan fingerprint density at radius 3 is 2.15 bits per heavy atom.